The van der Waals surface area contributed by atoms with Crippen LogP contribution in [0.15, 0.2) is 59.1 Å². The summed E-state index contributed by atoms with van der Waals surface area (Å²) in [6.07, 6.45) is 3.02. The van der Waals surface area contributed by atoms with Crippen LogP contribution in [0.25, 0.3) is 11.3 Å². The molecule has 0 aliphatic rings. The van der Waals surface area contributed by atoms with Crippen LogP contribution in [0.2, 0.25) is 0 Å². The predicted molar refractivity (Wildman–Crippen MR) is 122 cm³/mol. The summed E-state index contributed by atoms with van der Waals surface area (Å²) in [5.41, 5.74) is 7.93. The Bertz CT molecular complexity index is 1320. The molecule has 0 aliphatic carbocycles. The number of aryl methyl sites for hydroxylation is 1. The lowest BCUT2D eigenvalue weighted by Crippen LogP contribution is -2.25. The molecule has 3 heterocycles. The van der Waals surface area contributed by atoms with E-state index in [9.17, 15) is 13.2 Å². The van der Waals surface area contributed by atoms with E-state index in [1.54, 1.807) is 23.7 Å². The Morgan fingerprint density at radius 3 is 2.50 bits per heavy atom. The minimum atomic E-state index is -3.86. The fraction of sp³-hybridized carbons (Fsp3) is 0.150. The van der Waals surface area contributed by atoms with Crippen molar-refractivity contribution in [1.82, 2.24) is 24.9 Å². The van der Waals surface area contributed by atoms with Gasteiger partial charge in [-0.1, -0.05) is 22.7 Å². The fourth-order valence-corrected chi connectivity index (χ4v) is 5.39. The van der Waals surface area contributed by atoms with Crippen molar-refractivity contribution in [3.05, 3.63) is 75.3 Å². The van der Waals surface area contributed by atoms with Crippen LogP contribution < -0.4 is 11.1 Å². The number of rotatable bonds is 7. The van der Waals surface area contributed by atoms with Crippen LogP contribution in [0.5, 0.6) is 0 Å². The van der Waals surface area contributed by atoms with Gasteiger partial charge in [0.1, 0.15) is 16.8 Å². The minimum absolute atomic E-state index is 0.0820. The van der Waals surface area contributed by atoms with Crippen molar-refractivity contribution in [2.75, 3.05) is 0 Å². The topological polar surface area (TPSA) is 141 Å². The van der Waals surface area contributed by atoms with Crippen LogP contribution in [-0.4, -0.2) is 33.9 Å². The smallest absolute Gasteiger partial charge is 0.270 e. The first-order chi connectivity index (χ1) is 15.3. The molecule has 0 fully saturated rings. The molecule has 3 aromatic heterocycles. The number of nitrogens with two attached hydrogens (primary N) is 1. The van der Waals surface area contributed by atoms with Crippen molar-refractivity contribution >= 4 is 38.6 Å². The molecule has 0 saturated heterocycles. The first-order valence-corrected chi connectivity index (χ1v) is 12.6. The molecule has 0 radical (unpaired) electrons. The molecule has 12 heteroatoms. The Balaban J connectivity index is 1.45. The monoisotopic (exact) mass is 486 g/mol. The lowest BCUT2D eigenvalue weighted by Gasteiger charge is -2.14. The Labute approximate surface area is 192 Å². The second-order valence-corrected chi connectivity index (χ2v) is 10.8. The maximum absolute atomic E-state index is 12.9. The molecule has 4 rings (SSSR count). The summed E-state index contributed by atoms with van der Waals surface area (Å²) >= 11 is 2.71. The number of pyridine rings is 1. The zero-order valence-corrected chi connectivity index (χ0v) is 19.2. The number of hydrogen-bond acceptors (Lipinski definition) is 10. The second kappa shape index (κ2) is 9.20. The number of benzene rings is 1. The molecular weight excluding hydrogens is 468 g/mol. The zero-order valence-electron chi connectivity index (χ0n) is 16.8. The molecule has 4 aromatic rings. The van der Waals surface area contributed by atoms with E-state index >= 15 is 0 Å². The molecule has 3 N–H and O–H groups in total. The van der Waals surface area contributed by atoms with Crippen molar-refractivity contribution < 1.29 is 13.2 Å². The summed E-state index contributed by atoms with van der Waals surface area (Å²) in [5, 5.41) is 8.10. The van der Waals surface area contributed by atoms with Crippen molar-refractivity contribution in [2.24, 2.45) is 5.73 Å². The van der Waals surface area contributed by atoms with Gasteiger partial charge in [0, 0.05) is 33.8 Å². The minimum Gasteiger partial charge on any atom is -0.346 e. The van der Waals surface area contributed by atoms with E-state index < -0.39 is 15.2 Å². The molecule has 32 heavy (non-hydrogen) atoms. The van der Waals surface area contributed by atoms with E-state index in [4.69, 9.17) is 5.73 Å². The summed E-state index contributed by atoms with van der Waals surface area (Å²) in [4.78, 5) is 21.5. The van der Waals surface area contributed by atoms with E-state index in [1.165, 1.54) is 53.3 Å². The maximum atomic E-state index is 12.9. The van der Waals surface area contributed by atoms with Gasteiger partial charge in [-0.15, -0.1) is 16.4 Å². The second-order valence-electron chi connectivity index (χ2n) is 6.79. The van der Waals surface area contributed by atoms with Gasteiger partial charge in [-0.05, 0) is 36.7 Å². The third-order valence-corrected chi connectivity index (χ3v) is 7.90. The van der Waals surface area contributed by atoms with E-state index in [1.807, 2.05) is 6.92 Å². The van der Waals surface area contributed by atoms with Crippen LogP contribution in [0.3, 0.4) is 0 Å². The molecule has 1 amide bonds. The quantitative estimate of drug-likeness (QED) is 0.406. The van der Waals surface area contributed by atoms with Crippen LogP contribution >= 0.6 is 22.9 Å². The first-order valence-electron chi connectivity index (χ1n) is 9.37. The Hall–Kier alpha value is -3.06. The predicted octanol–water partition coefficient (Wildman–Crippen LogP) is 2.73. The highest BCUT2D eigenvalue weighted by atomic mass is 32.2. The van der Waals surface area contributed by atoms with Crippen LogP contribution in [0.1, 0.15) is 31.3 Å². The highest BCUT2D eigenvalue weighted by Crippen LogP contribution is 2.27. The van der Waals surface area contributed by atoms with Crippen molar-refractivity contribution in [2.45, 2.75) is 23.7 Å². The first kappa shape index (κ1) is 22.1. The highest BCUT2D eigenvalue weighted by Gasteiger charge is 2.26. The third kappa shape index (κ3) is 4.72. The largest absolute Gasteiger partial charge is 0.346 e. The molecule has 0 aliphatic heterocycles. The molecule has 1 aromatic carbocycles. The van der Waals surface area contributed by atoms with E-state index in [-0.39, 0.29) is 22.1 Å². The summed E-state index contributed by atoms with van der Waals surface area (Å²) in [6, 6.07) is 9.24. The number of carbonyl (C=O) groups is 1. The average Bonchev–Trinajstić information content (AvgIpc) is 3.49. The number of nitrogens with one attached hydrogen (secondary N) is 1. The van der Waals surface area contributed by atoms with Gasteiger partial charge in [0.2, 0.25) is 0 Å². The van der Waals surface area contributed by atoms with Crippen LogP contribution in [0, 0.1) is 6.92 Å². The normalized spacial score (nSPS) is 12.4. The molecule has 164 valence electrons. The van der Waals surface area contributed by atoms with Gasteiger partial charge in [-0.25, -0.2) is 13.4 Å². The summed E-state index contributed by atoms with van der Waals surface area (Å²) in [6.45, 7) is 2.23. The SMILES string of the molecule is Cc1ncc(CNC(=O)c2ccc(C(N)S(=O)(=O)c3ccc(-c4csnn4)cc3)cn2)s1. The van der Waals surface area contributed by atoms with E-state index in [0.29, 0.717) is 12.2 Å². The lowest BCUT2D eigenvalue weighted by atomic mass is 10.2. The fourth-order valence-electron chi connectivity index (χ4n) is 2.88. The number of hydrogen-bond donors (Lipinski definition) is 2. The van der Waals surface area contributed by atoms with E-state index in [0.717, 1.165) is 15.4 Å². The van der Waals surface area contributed by atoms with Crippen molar-refractivity contribution in [3.63, 3.8) is 0 Å². The van der Waals surface area contributed by atoms with Gasteiger partial charge >= 0.3 is 0 Å². The molecular formula is C20H18N6O3S3. The molecule has 0 spiro atoms. The number of nitrogens with zero attached hydrogens (tertiary/aromatic N) is 4. The van der Waals surface area contributed by atoms with Crippen molar-refractivity contribution in [1.29, 1.82) is 0 Å². The van der Waals surface area contributed by atoms with Gasteiger partial charge < -0.3 is 11.1 Å². The number of aromatic nitrogens is 4. The Morgan fingerprint density at radius 2 is 1.91 bits per heavy atom. The van der Waals surface area contributed by atoms with Gasteiger partial charge in [0.05, 0.1) is 16.4 Å². The van der Waals surface area contributed by atoms with Gasteiger partial charge in [0.15, 0.2) is 9.84 Å². The highest BCUT2D eigenvalue weighted by molar-refractivity contribution is 7.91. The zero-order chi connectivity index (χ0) is 22.7. The summed E-state index contributed by atoms with van der Waals surface area (Å²) in [7, 11) is -3.86. The number of amides is 1. The average molecular weight is 487 g/mol. The number of carbonyl (C=O) groups excluding carboxylic acids is 1. The Kier molecular flexibility index (Phi) is 6.37. The third-order valence-electron chi connectivity index (χ3n) is 4.61. The van der Waals surface area contributed by atoms with Gasteiger partial charge in [0.25, 0.3) is 5.91 Å². The van der Waals surface area contributed by atoms with Crippen molar-refractivity contribution in [3.8, 4) is 11.3 Å². The van der Waals surface area contributed by atoms with Crippen LogP contribution in [0.4, 0.5) is 0 Å². The molecule has 1 atom stereocenters. The molecule has 0 bridgehead atoms. The number of thiazole rings is 1. The lowest BCUT2D eigenvalue weighted by molar-refractivity contribution is 0.0946. The van der Waals surface area contributed by atoms with E-state index in [2.05, 4.69) is 24.9 Å². The Morgan fingerprint density at radius 1 is 1.12 bits per heavy atom. The summed E-state index contributed by atoms with van der Waals surface area (Å²) < 4.78 is 29.7. The molecule has 1 unspecified atom stereocenters. The van der Waals surface area contributed by atoms with Gasteiger partial charge in [-0.2, -0.15) is 0 Å². The molecule has 9 nitrogen and oxygen atoms in total. The van der Waals surface area contributed by atoms with Gasteiger partial charge in [-0.3, -0.25) is 9.78 Å². The number of sulfone groups is 1. The summed E-state index contributed by atoms with van der Waals surface area (Å²) in [5.74, 6) is -0.369. The standard InChI is InChI=1S/C20H18N6O3S3/c1-12-22-9-15(31-12)10-24-20(27)17-7-4-14(8-23-17)19(21)32(28,29)16-5-2-13(3-6-16)18-11-30-26-25-18/h2-9,11,19H,10,21H2,1H3,(H,24,27). The molecule has 0 saturated carbocycles. The maximum Gasteiger partial charge on any atom is 0.270 e. The van der Waals surface area contributed by atoms with Crippen LogP contribution in [-0.2, 0) is 16.4 Å².